The summed E-state index contributed by atoms with van der Waals surface area (Å²) in [5, 5.41) is 7.15. The van der Waals surface area contributed by atoms with Gasteiger partial charge in [0.2, 0.25) is 0 Å². The fourth-order valence-electron chi connectivity index (χ4n) is 5.47. The molecule has 0 bridgehead atoms. The Morgan fingerprint density at radius 3 is 1.34 bits per heavy atom. The van der Waals surface area contributed by atoms with Crippen LogP contribution in [0.4, 0.5) is 11.4 Å². The van der Waals surface area contributed by atoms with Crippen LogP contribution in [-0.2, 0) is 16.5 Å². The van der Waals surface area contributed by atoms with Gasteiger partial charge in [0.1, 0.15) is 0 Å². The number of benzene rings is 6. The minimum Gasteiger partial charge on any atom is -0.358 e. The molecule has 6 aromatic rings. The first-order valence-corrected chi connectivity index (χ1v) is 12.4. The molecule has 2 nitrogen and oxygen atoms in total. The van der Waals surface area contributed by atoms with Crippen molar-refractivity contribution in [2.45, 2.75) is 13.8 Å². The van der Waals surface area contributed by atoms with E-state index in [4.69, 9.17) is 9.98 Å². The Morgan fingerprint density at radius 1 is 0.447 bits per heavy atom. The van der Waals surface area contributed by atoms with Crippen LogP contribution in [-0.4, -0.2) is 11.4 Å². The van der Waals surface area contributed by atoms with Crippen molar-refractivity contribution >= 4 is 55.1 Å². The van der Waals surface area contributed by atoms with E-state index >= 15 is 0 Å². The maximum atomic E-state index is 5.40. The summed E-state index contributed by atoms with van der Waals surface area (Å²) in [5.74, 6) is 0. The van der Waals surface area contributed by atoms with Crippen molar-refractivity contribution in [1.82, 2.24) is 0 Å². The van der Waals surface area contributed by atoms with Crippen LogP contribution in [0.2, 0.25) is 0 Å². The molecular weight excluding hydrogens is 507 g/mol. The maximum Gasteiger partial charge on any atom is 0.0979 e. The van der Waals surface area contributed by atoms with Crippen LogP contribution < -0.4 is 0 Å². The van der Waals surface area contributed by atoms with Crippen molar-refractivity contribution in [3.63, 3.8) is 0 Å². The van der Waals surface area contributed by atoms with Crippen LogP contribution in [0.25, 0.3) is 32.3 Å². The first kappa shape index (κ1) is 25.6. The van der Waals surface area contributed by atoms with Crippen LogP contribution in [0.5, 0.6) is 0 Å². The summed E-state index contributed by atoms with van der Waals surface area (Å²) in [5.41, 5.74) is 8.50. The second-order valence-electron chi connectivity index (χ2n) is 9.53. The van der Waals surface area contributed by atoms with Gasteiger partial charge >= 0.3 is 0 Å². The van der Waals surface area contributed by atoms with Gasteiger partial charge in [-0.3, -0.25) is 0 Å². The molecule has 0 spiro atoms. The molecule has 6 aromatic carbocycles. The van der Waals surface area contributed by atoms with E-state index in [0.717, 1.165) is 55.8 Å². The second kappa shape index (κ2) is 10.0. The zero-order valence-electron chi connectivity index (χ0n) is 21.6. The van der Waals surface area contributed by atoms with E-state index in [2.05, 4.69) is 123 Å². The number of hydrogen-bond acceptors (Lipinski definition) is 2. The number of nitrogens with zero attached hydrogens (tertiary/aromatic N) is 2. The molecule has 0 fully saturated rings. The summed E-state index contributed by atoms with van der Waals surface area (Å²) in [7, 11) is 0. The molecular formula is C35H27N2Ni-. The topological polar surface area (TPSA) is 24.7 Å². The average molecular weight is 534 g/mol. The van der Waals surface area contributed by atoms with E-state index in [1.807, 2.05) is 0 Å². The van der Waals surface area contributed by atoms with Gasteiger partial charge in [-0.05, 0) is 41.1 Å². The van der Waals surface area contributed by atoms with Crippen LogP contribution in [0.15, 0.2) is 119 Å². The molecule has 1 aliphatic carbocycles. The molecule has 0 amide bonds. The fourth-order valence-corrected chi connectivity index (χ4v) is 5.47. The summed E-state index contributed by atoms with van der Waals surface area (Å²) < 4.78 is 0. The standard InChI is InChI=1S/C34H24N2.CH3.Ni/c1-21-17-19-23-9-3-5-13-26(23)31(21)35-33-28-15-7-11-25-12-8-16-29(30(25)28)34(33)36-32-22(2)18-20-24-10-4-6-14-27(24)32;;/h3-20H,1-2H3;1H3;/q;-1;. The van der Waals surface area contributed by atoms with Gasteiger partial charge in [0, 0.05) is 43.8 Å². The van der Waals surface area contributed by atoms with Gasteiger partial charge in [-0.2, -0.15) is 0 Å². The minimum absolute atomic E-state index is 0. The van der Waals surface area contributed by atoms with Crippen LogP contribution in [0.3, 0.4) is 0 Å². The smallest absolute Gasteiger partial charge is 0.0979 e. The number of rotatable bonds is 2. The fraction of sp³-hybridized carbons (Fsp3) is 0.0571. The molecule has 0 aromatic heterocycles. The van der Waals surface area contributed by atoms with E-state index < -0.39 is 0 Å². The Morgan fingerprint density at radius 2 is 0.868 bits per heavy atom. The van der Waals surface area contributed by atoms with Crippen molar-refractivity contribution in [3.8, 4) is 0 Å². The third-order valence-electron chi connectivity index (χ3n) is 7.29. The minimum atomic E-state index is 0. The average Bonchev–Trinajstić information content (AvgIpc) is 3.21. The summed E-state index contributed by atoms with van der Waals surface area (Å²) in [4.78, 5) is 10.8. The van der Waals surface area contributed by atoms with Gasteiger partial charge in [0.15, 0.2) is 0 Å². The number of fused-ring (bicyclic) bond motifs is 2. The van der Waals surface area contributed by atoms with Crippen LogP contribution >= 0.6 is 0 Å². The maximum absolute atomic E-state index is 5.40. The summed E-state index contributed by atoms with van der Waals surface area (Å²) in [6.45, 7) is 4.28. The predicted molar refractivity (Wildman–Crippen MR) is 160 cm³/mol. The van der Waals surface area contributed by atoms with E-state index in [1.165, 1.54) is 21.5 Å². The van der Waals surface area contributed by atoms with Crippen molar-refractivity contribution in [3.05, 3.63) is 139 Å². The zero-order valence-corrected chi connectivity index (χ0v) is 22.6. The Bertz CT molecular complexity index is 1780. The normalized spacial score (nSPS) is 14.3. The van der Waals surface area contributed by atoms with Gasteiger partial charge < -0.3 is 7.43 Å². The number of aliphatic imine (C=N–C) groups is 2. The molecule has 0 aliphatic heterocycles. The van der Waals surface area contributed by atoms with E-state index in [1.54, 1.807) is 0 Å². The molecule has 38 heavy (non-hydrogen) atoms. The van der Waals surface area contributed by atoms with Crippen molar-refractivity contribution < 1.29 is 16.5 Å². The van der Waals surface area contributed by atoms with Gasteiger partial charge in [-0.15, -0.1) is 0 Å². The first-order chi connectivity index (χ1) is 17.7. The van der Waals surface area contributed by atoms with E-state index in [-0.39, 0.29) is 23.9 Å². The quantitative estimate of drug-likeness (QED) is 0.156. The van der Waals surface area contributed by atoms with Gasteiger partial charge in [0.25, 0.3) is 0 Å². The third-order valence-corrected chi connectivity index (χ3v) is 7.29. The van der Waals surface area contributed by atoms with E-state index in [0.29, 0.717) is 0 Å². The predicted octanol–water partition coefficient (Wildman–Crippen LogP) is 9.47. The number of hydrogen-bond donors (Lipinski definition) is 0. The molecule has 0 N–H and O–H groups in total. The summed E-state index contributed by atoms with van der Waals surface area (Å²) >= 11 is 0. The molecule has 0 unspecified atom stereocenters. The Hall–Kier alpha value is -4.07. The molecule has 0 saturated carbocycles. The summed E-state index contributed by atoms with van der Waals surface area (Å²) in [6.07, 6.45) is 0. The van der Waals surface area contributed by atoms with E-state index in [9.17, 15) is 0 Å². The Kier molecular flexibility index (Phi) is 6.74. The number of aryl methyl sites for hydroxylation is 2. The molecule has 7 rings (SSSR count). The molecule has 1 aliphatic rings. The van der Waals surface area contributed by atoms with Crippen molar-refractivity contribution in [1.29, 1.82) is 0 Å². The molecule has 0 heterocycles. The van der Waals surface area contributed by atoms with Gasteiger partial charge in [-0.1, -0.05) is 109 Å². The molecule has 3 heteroatoms. The summed E-state index contributed by atoms with van der Waals surface area (Å²) in [6, 6.07) is 38.6. The van der Waals surface area contributed by atoms with Crippen molar-refractivity contribution in [2.75, 3.05) is 0 Å². The third kappa shape index (κ3) is 3.95. The Labute approximate surface area is 233 Å². The monoisotopic (exact) mass is 533 g/mol. The first-order valence-electron chi connectivity index (χ1n) is 12.4. The molecule has 188 valence electrons. The molecule has 0 saturated heterocycles. The SMILES string of the molecule is Cc1ccc2ccccc2c1N=C1C(=Nc2c(C)ccc3ccccc23)c2cccc3cccc1c23.[CH3-].[Ni]. The van der Waals surface area contributed by atoms with Crippen molar-refractivity contribution in [2.24, 2.45) is 9.98 Å². The second-order valence-corrected chi connectivity index (χ2v) is 9.53. The zero-order chi connectivity index (χ0) is 24.2. The van der Waals surface area contributed by atoms with Gasteiger partial charge in [0.05, 0.1) is 22.8 Å². The molecule has 0 radical (unpaired) electrons. The largest absolute Gasteiger partial charge is 0.358 e. The molecule has 0 atom stereocenters. The van der Waals surface area contributed by atoms with Crippen LogP contribution in [0.1, 0.15) is 22.3 Å². The van der Waals surface area contributed by atoms with Gasteiger partial charge in [-0.25, -0.2) is 9.98 Å². The Balaban J connectivity index is 0.00000147. The van der Waals surface area contributed by atoms with Crippen LogP contribution in [0, 0.1) is 21.3 Å².